The normalized spacial score (nSPS) is 18.0. The van der Waals surface area contributed by atoms with Gasteiger partial charge >= 0.3 is 6.09 Å². The predicted molar refractivity (Wildman–Crippen MR) is 97.4 cm³/mol. The molecule has 3 rings (SSSR count). The van der Waals surface area contributed by atoms with Crippen molar-refractivity contribution in [2.75, 3.05) is 18.0 Å². The van der Waals surface area contributed by atoms with Gasteiger partial charge in [-0.1, -0.05) is 0 Å². The number of hydrogen-bond donors (Lipinski definition) is 2. The molecule has 1 aromatic carbocycles. The van der Waals surface area contributed by atoms with Gasteiger partial charge in [0.1, 0.15) is 5.60 Å². The lowest BCUT2D eigenvalue weighted by molar-refractivity contribution is -0.384. The van der Waals surface area contributed by atoms with Crippen molar-refractivity contribution in [2.45, 2.75) is 45.3 Å². The lowest BCUT2D eigenvalue weighted by atomic mass is 10.1. The second-order valence-corrected chi connectivity index (χ2v) is 7.45. The summed E-state index contributed by atoms with van der Waals surface area (Å²) >= 11 is 0. The van der Waals surface area contributed by atoms with Crippen LogP contribution in [0.25, 0.3) is 11.0 Å². The highest BCUT2D eigenvalue weighted by Crippen LogP contribution is 2.24. The van der Waals surface area contributed by atoms with Crippen LogP contribution < -0.4 is 10.2 Å². The molecule has 0 saturated carbocycles. The summed E-state index contributed by atoms with van der Waals surface area (Å²) < 4.78 is 5.31. The molecule has 1 atom stereocenters. The molecule has 0 bridgehead atoms. The van der Waals surface area contributed by atoms with Crippen molar-refractivity contribution in [3.63, 3.8) is 0 Å². The Labute approximate surface area is 150 Å². The lowest BCUT2D eigenvalue weighted by Crippen LogP contribution is -2.49. The smallest absolute Gasteiger partial charge is 0.407 e. The highest BCUT2D eigenvalue weighted by molar-refractivity contribution is 5.80. The molecule has 9 nitrogen and oxygen atoms in total. The first-order valence-corrected chi connectivity index (χ1v) is 8.60. The Bertz CT molecular complexity index is 826. The number of H-pyrrole nitrogens is 1. The number of nitrogens with zero attached hydrogens (tertiary/aromatic N) is 3. The zero-order chi connectivity index (χ0) is 18.9. The minimum absolute atomic E-state index is 0.0239. The van der Waals surface area contributed by atoms with Crippen molar-refractivity contribution < 1.29 is 14.5 Å². The number of nitrogens with one attached hydrogen (secondary N) is 2. The molecular formula is C17H23N5O4. The number of nitro groups is 1. The molecule has 2 heterocycles. The Morgan fingerprint density at radius 1 is 1.46 bits per heavy atom. The number of benzene rings is 1. The SMILES string of the molecule is CC(C)(C)OC(=O)NC1CCCN(c2nc3ccc([N+](=O)[O-])cc3[nH]2)C1. The van der Waals surface area contributed by atoms with Crippen molar-refractivity contribution in [2.24, 2.45) is 0 Å². The number of aromatic nitrogens is 2. The number of aromatic amines is 1. The monoisotopic (exact) mass is 361 g/mol. The Morgan fingerprint density at radius 3 is 2.92 bits per heavy atom. The maximum absolute atomic E-state index is 12.0. The summed E-state index contributed by atoms with van der Waals surface area (Å²) in [4.78, 5) is 32.1. The molecule has 1 aliphatic rings. The molecular weight excluding hydrogens is 338 g/mol. The molecule has 26 heavy (non-hydrogen) atoms. The number of imidazole rings is 1. The standard InChI is InChI=1S/C17H23N5O4/c1-17(2,3)26-16(23)18-11-5-4-8-21(10-11)15-19-13-7-6-12(22(24)25)9-14(13)20-15/h6-7,9,11H,4-5,8,10H2,1-3H3,(H,18,23)(H,19,20). The highest BCUT2D eigenvalue weighted by Gasteiger charge is 2.25. The molecule has 1 aliphatic heterocycles. The topological polar surface area (TPSA) is 113 Å². The van der Waals surface area contributed by atoms with Crippen LogP contribution in [0.2, 0.25) is 0 Å². The first kappa shape index (κ1) is 18.0. The fourth-order valence-electron chi connectivity index (χ4n) is 3.01. The number of non-ortho nitro benzene ring substituents is 1. The summed E-state index contributed by atoms with van der Waals surface area (Å²) in [7, 11) is 0. The Hall–Kier alpha value is -2.84. The molecule has 2 N–H and O–H groups in total. The van der Waals surface area contributed by atoms with E-state index in [0.717, 1.165) is 19.4 Å². The molecule has 1 aromatic heterocycles. The zero-order valence-electron chi connectivity index (χ0n) is 15.1. The van der Waals surface area contributed by atoms with Gasteiger partial charge in [0, 0.05) is 31.3 Å². The highest BCUT2D eigenvalue weighted by atomic mass is 16.6. The van der Waals surface area contributed by atoms with E-state index < -0.39 is 16.6 Å². The third-order valence-corrected chi connectivity index (χ3v) is 4.11. The van der Waals surface area contributed by atoms with E-state index in [1.54, 1.807) is 6.07 Å². The lowest BCUT2D eigenvalue weighted by Gasteiger charge is -2.33. The van der Waals surface area contributed by atoms with Crippen molar-refractivity contribution in [1.82, 2.24) is 15.3 Å². The first-order valence-electron chi connectivity index (χ1n) is 8.60. The van der Waals surface area contributed by atoms with Crippen molar-refractivity contribution >= 4 is 28.8 Å². The van der Waals surface area contributed by atoms with E-state index in [2.05, 4.69) is 15.3 Å². The van der Waals surface area contributed by atoms with Gasteiger partial charge in [0.2, 0.25) is 5.95 Å². The van der Waals surface area contributed by atoms with Crippen molar-refractivity contribution in [3.05, 3.63) is 28.3 Å². The molecule has 1 fully saturated rings. The summed E-state index contributed by atoms with van der Waals surface area (Å²) in [6, 6.07) is 4.51. The molecule has 0 radical (unpaired) electrons. The van der Waals surface area contributed by atoms with Gasteiger partial charge in [-0.05, 0) is 39.7 Å². The van der Waals surface area contributed by atoms with E-state index in [4.69, 9.17) is 4.74 Å². The number of nitro benzene ring substituents is 1. The number of hydrogen-bond acceptors (Lipinski definition) is 6. The fraction of sp³-hybridized carbons (Fsp3) is 0.529. The average Bonchev–Trinajstić information content (AvgIpc) is 2.96. The quantitative estimate of drug-likeness (QED) is 0.642. The van der Waals surface area contributed by atoms with E-state index in [9.17, 15) is 14.9 Å². The summed E-state index contributed by atoms with van der Waals surface area (Å²) in [6.45, 7) is 6.88. The van der Waals surface area contributed by atoms with Gasteiger partial charge in [0.05, 0.1) is 16.0 Å². The average molecular weight is 361 g/mol. The molecule has 1 amide bonds. The van der Waals surface area contributed by atoms with Crippen LogP contribution in [0.3, 0.4) is 0 Å². The van der Waals surface area contributed by atoms with Crippen molar-refractivity contribution in [3.8, 4) is 0 Å². The molecule has 1 unspecified atom stereocenters. The van der Waals surface area contributed by atoms with Crippen LogP contribution in [0, 0.1) is 10.1 Å². The summed E-state index contributed by atoms with van der Waals surface area (Å²) in [5.41, 5.74) is 0.784. The Balaban J connectivity index is 1.70. The van der Waals surface area contributed by atoms with Crippen LogP contribution in [0.5, 0.6) is 0 Å². The number of alkyl carbamates (subject to hydrolysis) is 1. The van der Waals surface area contributed by atoms with E-state index in [0.29, 0.717) is 23.5 Å². The van der Waals surface area contributed by atoms with Gasteiger partial charge < -0.3 is 19.9 Å². The Kier molecular flexibility index (Phi) is 4.71. The fourth-order valence-corrected chi connectivity index (χ4v) is 3.01. The van der Waals surface area contributed by atoms with E-state index in [1.165, 1.54) is 12.1 Å². The number of fused-ring (bicyclic) bond motifs is 1. The van der Waals surface area contributed by atoms with Gasteiger partial charge in [-0.2, -0.15) is 0 Å². The van der Waals surface area contributed by atoms with Gasteiger partial charge in [-0.15, -0.1) is 0 Å². The molecule has 1 saturated heterocycles. The van der Waals surface area contributed by atoms with Crippen LogP contribution in [0.4, 0.5) is 16.4 Å². The third kappa shape index (κ3) is 4.22. The summed E-state index contributed by atoms with van der Waals surface area (Å²) in [6.07, 6.45) is 1.34. The second-order valence-electron chi connectivity index (χ2n) is 7.45. The zero-order valence-corrected chi connectivity index (χ0v) is 15.1. The van der Waals surface area contributed by atoms with E-state index >= 15 is 0 Å². The number of rotatable bonds is 3. The van der Waals surface area contributed by atoms with Gasteiger partial charge in [0.25, 0.3) is 5.69 Å². The molecule has 0 spiro atoms. The number of amides is 1. The molecule has 9 heteroatoms. The van der Waals surface area contributed by atoms with Gasteiger partial charge in [-0.25, -0.2) is 9.78 Å². The van der Waals surface area contributed by atoms with Crippen molar-refractivity contribution in [1.29, 1.82) is 0 Å². The van der Waals surface area contributed by atoms with Crippen LogP contribution >= 0.6 is 0 Å². The molecule has 2 aromatic rings. The predicted octanol–water partition coefficient (Wildman–Crippen LogP) is 2.96. The number of ether oxygens (including phenoxy) is 1. The Morgan fingerprint density at radius 2 is 2.23 bits per heavy atom. The van der Waals surface area contributed by atoms with Crippen LogP contribution in [0.1, 0.15) is 33.6 Å². The van der Waals surface area contributed by atoms with E-state index in [1.807, 2.05) is 25.7 Å². The summed E-state index contributed by atoms with van der Waals surface area (Å²) in [5, 5.41) is 13.8. The van der Waals surface area contributed by atoms with Crippen LogP contribution in [-0.4, -0.2) is 45.7 Å². The summed E-state index contributed by atoms with van der Waals surface area (Å²) in [5.74, 6) is 0.649. The van der Waals surface area contributed by atoms with E-state index in [-0.39, 0.29) is 11.7 Å². The first-order chi connectivity index (χ1) is 12.2. The van der Waals surface area contributed by atoms with Crippen LogP contribution in [-0.2, 0) is 4.74 Å². The minimum Gasteiger partial charge on any atom is -0.444 e. The number of anilines is 1. The largest absolute Gasteiger partial charge is 0.444 e. The second kappa shape index (κ2) is 6.81. The number of carbonyl (C=O) groups is 1. The van der Waals surface area contributed by atoms with Gasteiger partial charge in [-0.3, -0.25) is 10.1 Å². The molecule has 0 aliphatic carbocycles. The minimum atomic E-state index is -0.536. The third-order valence-electron chi connectivity index (χ3n) is 4.11. The van der Waals surface area contributed by atoms with Crippen LogP contribution in [0.15, 0.2) is 18.2 Å². The van der Waals surface area contributed by atoms with Gasteiger partial charge in [0.15, 0.2) is 0 Å². The maximum Gasteiger partial charge on any atom is 0.407 e. The number of carbonyl (C=O) groups excluding carboxylic acids is 1. The maximum atomic E-state index is 12.0. The molecule has 140 valence electrons. The number of piperidine rings is 1.